The molecule has 7 nitrogen and oxygen atoms in total. The number of nitrogens with zero attached hydrogens (tertiary/aromatic N) is 1. The Kier molecular flexibility index (Phi) is 8.31. The number of benzene rings is 1. The maximum absolute atomic E-state index is 10.9. The highest BCUT2D eigenvalue weighted by molar-refractivity contribution is 7.99. The standard InChI is InChI=1S/C19H23Cl2N3O4S2/c1-24(22)14(10-4-5-29-9-10)7-23-16-17(26)15(8-25)28-19(18(16)27)30-11-2-3-12(20)13(21)6-11/h2-7,9,15-19,23,25-27H,8,22H2,1H3/b14-7-/t15?,16?,17-,18?,19+/m0/s1. The van der Waals surface area contributed by atoms with Crippen molar-refractivity contribution in [3.63, 3.8) is 0 Å². The minimum atomic E-state index is -1.14. The van der Waals surface area contributed by atoms with E-state index in [2.05, 4.69) is 5.32 Å². The zero-order chi connectivity index (χ0) is 21.8. The lowest BCUT2D eigenvalue weighted by molar-refractivity contribution is -0.164. The summed E-state index contributed by atoms with van der Waals surface area (Å²) < 4.78 is 5.73. The van der Waals surface area contributed by atoms with Crippen molar-refractivity contribution in [2.45, 2.75) is 34.7 Å². The number of nitrogens with one attached hydrogen (secondary N) is 1. The van der Waals surface area contributed by atoms with Crippen LogP contribution < -0.4 is 11.2 Å². The molecule has 3 rings (SSSR count). The first-order valence-electron chi connectivity index (χ1n) is 9.03. The van der Waals surface area contributed by atoms with Crippen LogP contribution in [0.5, 0.6) is 0 Å². The van der Waals surface area contributed by atoms with Gasteiger partial charge in [-0.2, -0.15) is 11.3 Å². The molecule has 5 atom stereocenters. The minimum absolute atomic E-state index is 0.384. The first kappa shape index (κ1) is 23.6. The van der Waals surface area contributed by atoms with Gasteiger partial charge in [0.1, 0.15) is 23.7 Å². The third-order valence-electron chi connectivity index (χ3n) is 4.64. The largest absolute Gasteiger partial charge is 0.394 e. The number of hydrogen-bond acceptors (Lipinski definition) is 9. The van der Waals surface area contributed by atoms with E-state index < -0.39 is 36.4 Å². The van der Waals surface area contributed by atoms with Crippen molar-refractivity contribution in [2.75, 3.05) is 13.7 Å². The number of halogens is 2. The molecule has 11 heteroatoms. The molecule has 0 amide bonds. The van der Waals surface area contributed by atoms with E-state index in [4.69, 9.17) is 33.8 Å². The van der Waals surface area contributed by atoms with Gasteiger partial charge in [-0.25, -0.2) is 5.84 Å². The summed E-state index contributed by atoms with van der Waals surface area (Å²) in [6.45, 7) is -0.400. The van der Waals surface area contributed by atoms with Crippen LogP contribution in [-0.4, -0.2) is 63.8 Å². The van der Waals surface area contributed by atoms with Crippen molar-refractivity contribution in [3.05, 3.63) is 56.8 Å². The van der Waals surface area contributed by atoms with Crippen LogP contribution in [0.15, 0.2) is 46.1 Å². The van der Waals surface area contributed by atoms with Crippen LogP contribution in [0.25, 0.3) is 5.70 Å². The van der Waals surface area contributed by atoms with Gasteiger partial charge in [0.2, 0.25) is 0 Å². The third kappa shape index (κ3) is 5.42. The zero-order valence-corrected chi connectivity index (χ0v) is 19.1. The molecule has 2 heterocycles. The molecule has 0 bridgehead atoms. The fourth-order valence-corrected chi connectivity index (χ4v) is 5.16. The molecule has 1 aliphatic rings. The van der Waals surface area contributed by atoms with Gasteiger partial charge in [0.15, 0.2) is 0 Å². The second-order valence-corrected chi connectivity index (χ2v) is 9.51. The van der Waals surface area contributed by atoms with E-state index in [0.29, 0.717) is 15.7 Å². The van der Waals surface area contributed by atoms with Crippen molar-refractivity contribution in [1.82, 2.24) is 10.3 Å². The van der Waals surface area contributed by atoms with E-state index in [1.54, 1.807) is 31.4 Å². The quantitative estimate of drug-likeness (QED) is 0.296. The molecule has 0 saturated carbocycles. The molecular weight excluding hydrogens is 469 g/mol. The Hall–Kier alpha value is -1.01. The van der Waals surface area contributed by atoms with E-state index in [1.807, 2.05) is 16.8 Å². The predicted octanol–water partition coefficient (Wildman–Crippen LogP) is 2.35. The highest BCUT2D eigenvalue weighted by atomic mass is 35.5. The van der Waals surface area contributed by atoms with Crippen LogP contribution >= 0.6 is 46.3 Å². The molecule has 30 heavy (non-hydrogen) atoms. The second-order valence-electron chi connectivity index (χ2n) is 6.75. The third-order valence-corrected chi connectivity index (χ3v) is 7.21. The molecule has 0 radical (unpaired) electrons. The normalized spacial score (nSPS) is 27.2. The smallest absolute Gasteiger partial charge is 0.136 e. The maximum Gasteiger partial charge on any atom is 0.136 e. The van der Waals surface area contributed by atoms with E-state index in [0.717, 1.165) is 10.5 Å². The van der Waals surface area contributed by atoms with Gasteiger partial charge in [-0.15, -0.1) is 0 Å². The summed E-state index contributed by atoms with van der Waals surface area (Å²) in [6, 6.07) is 6.20. The SMILES string of the molecule is CN(N)/C(=C\NC1C(O)[C@@H](Sc2ccc(Cl)c(Cl)c2)OC(CO)[C@@H]1O)c1ccsc1. The highest BCUT2D eigenvalue weighted by Crippen LogP contribution is 2.36. The van der Waals surface area contributed by atoms with Gasteiger partial charge in [-0.05, 0) is 29.6 Å². The maximum atomic E-state index is 10.9. The van der Waals surface area contributed by atoms with Crippen LogP contribution in [0.4, 0.5) is 0 Å². The lowest BCUT2D eigenvalue weighted by Crippen LogP contribution is -2.62. The summed E-state index contributed by atoms with van der Waals surface area (Å²) >= 11 is 14.8. The van der Waals surface area contributed by atoms with E-state index >= 15 is 0 Å². The van der Waals surface area contributed by atoms with Crippen LogP contribution in [0, 0.1) is 0 Å². The molecular formula is C19H23Cl2N3O4S2. The number of ether oxygens (including phenoxy) is 1. The predicted molar refractivity (Wildman–Crippen MR) is 121 cm³/mol. The monoisotopic (exact) mass is 491 g/mol. The fraction of sp³-hybridized carbons (Fsp3) is 0.368. The Labute approximate surface area is 193 Å². The lowest BCUT2D eigenvalue weighted by Gasteiger charge is -2.42. The van der Waals surface area contributed by atoms with Gasteiger partial charge >= 0.3 is 0 Å². The van der Waals surface area contributed by atoms with Gasteiger partial charge in [0, 0.05) is 29.1 Å². The van der Waals surface area contributed by atoms with Crippen molar-refractivity contribution in [2.24, 2.45) is 5.84 Å². The van der Waals surface area contributed by atoms with Gasteiger partial charge in [0.05, 0.1) is 28.4 Å². The summed E-state index contributed by atoms with van der Waals surface area (Å²) in [4.78, 5) is 0.733. The van der Waals surface area contributed by atoms with E-state index in [-0.39, 0.29) is 0 Å². The summed E-state index contributed by atoms with van der Waals surface area (Å²) in [5.74, 6) is 5.93. The molecule has 2 aromatic rings. The molecule has 164 valence electrons. The topological polar surface area (TPSA) is 111 Å². The zero-order valence-electron chi connectivity index (χ0n) is 16.0. The van der Waals surface area contributed by atoms with Crippen molar-refractivity contribution in [3.8, 4) is 0 Å². The highest BCUT2D eigenvalue weighted by Gasteiger charge is 2.44. The number of hydrogen-bond donors (Lipinski definition) is 5. The average Bonchev–Trinajstić information content (AvgIpc) is 3.23. The molecule has 1 saturated heterocycles. The van der Waals surface area contributed by atoms with Crippen LogP contribution in [-0.2, 0) is 4.74 Å². The Morgan fingerprint density at radius 3 is 2.67 bits per heavy atom. The average molecular weight is 492 g/mol. The van der Waals surface area contributed by atoms with Crippen LogP contribution in [0.3, 0.4) is 0 Å². The van der Waals surface area contributed by atoms with E-state index in [1.165, 1.54) is 28.1 Å². The number of aliphatic hydroxyl groups is 3. The van der Waals surface area contributed by atoms with Gasteiger partial charge in [-0.1, -0.05) is 35.0 Å². The molecule has 1 fully saturated rings. The Balaban J connectivity index is 1.81. The molecule has 3 unspecified atom stereocenters. The van der Waals surface area contributed by atoms with Crippen LogP contribution in [0.2, 0.25) is 10.0 Å². The molecule has 1 aliphatic heterocycles. The lowest BCUT2D eigenvalue weighted by atomic mass is 9.97. The first-order chi connectivity index (χ1) is 14.3. The van der Waals surface area contributed by atoms with Gasteiger partial charge in [-0.3, -0.25) is 0 Å². The molecule has 0 aliphatic carbocycles. The number of rotatable bonds is 7. The summed E-state index contributed by atoms with van der Waals surface area (Å²) in [5, 5.41) is 40.4. The molecule has 1 aromatic carbocycles. The van der Waals surface area contributed by atoms with Crippen molar-refractivity contribution >= 4 is 52.0 Å². The Morgan fingerprint density at radius 1 is 1.30 bits per heavy atom. The summed E-state index contributed by atoms with van der Waals surface area (Å²) in [5.41, 5.74) is 0.819. The molecule has 6 N–H and O–H groups in total. The van der Waals surface area contributed by atoms with Crippen molar-refractivity contribution in [1.29, 1.82) is 0 Å². The first-order valence-corrected chi connectivity index (χ1v) is 11.6. The van der Waals surface area contributed by atoms with Crippen molar-refractivity contribution < 1.29 is 20.1 Å². The fourth-order valence-electron chi connectivity index (χ4n) is 3.04. The summed E-state index contributed by atoms with van der Waals surface area (Å²) in [6.07, 6.45) is -1.47. The van der Waals surface area contributed by atoms with Crippen LogP contribution in [0.1, 0.15) is 5.56 Å². The molecule has 1 aromatic heterocycles. The Morgan fingerprint density at radius 2 is 2.07 bits per heavy atom. The molecule has 0 spiro atoms. The van der Waals surface area contributed by atoms with Gasteiger partial charge < -0.3 is 30.4 Å². The van der Waals surface area contributed by atoms with Gasteiger partial charge in [0.25, 0.3) is 0 Å². The number of hydrazine groups is 1. The number of thiophene rings is 1. The second kappa shape index (κ2) is 10.5. The van der Waals surface area contributed by atoms with E-state index in [9.17, 15) is 15.3 Å². The number of aliphatic hydroxyl groups excluding tert-OH is 3. The number of thioether (sulfide) groups is 1. The minimum Gasteiger partial charge on any atom is -0.394 e. The summed E-state index contributed by atoms with van der Waals surface area (Å²) in [7, 11) is 1.70. The number of nitrogens with two attached hydrogens (primary N) is 1. The Bertz CT molecular complexity index is 869.